The molecule has 0 amide bonds. The highest BCUT2D eigenvalue weighted by Crippen LogP contribution is 2.31. The standard InChI is InChI=1S/2C23H33N5O4.2C21H30N6O2/c1-4-6-12-31-19-8-9-20(30-3)16(14-19)13-17-15-25-22-21(24)26-23(27-28(17)22)32-18(7-5-2)10-11-29;1-4-6-10-31-20-13-16(12-19(14-20)30-3)11-17-15-25-22-21(24)26-23(27-28(17)22)32-18(7-5-2)8-9-29;2*1-3-4-18(10-12-28)29-21-25-19(22)20-24-14-17(27(20)26-21)13-16-7-5-15(6-8-16)9-11-23-2/h8-9,14-15,18,29H,4-7,10-13H2,1-3H3,(H2,24,26,27);12-15,18,29H,4-11H2,1-3H3,(H2,24,26,27);2*5-8,14,18,23,28H,3-4,9-13H2,1-2H3,(H2,22,25,26). The SMILES string of the molecule is CCCC(CCO)Oc1nc(N)c2ncc(Cc3ccc(CCNC)cc3)n2n1.CCCC(CCO)Oc1nc(N)c2ncc(Cc3ccc(CCNC)cc3)n2n1.CCCCOc1cc(Cc2cnc3c(N)nc(OC(CCC)CCO)nn23)cc(OC)c1.CCCCOc1ccc(OC)c(Cc2cnc3c(N)nc(OC(CCC)CCO)nn23)c1. The van der Waals surface area contributed by atoms with Crippen molar-refractivity contribution in [3.8, 4) is 47.0 Å². The summed E-state index contributed by atoms with van der Waals surface area (Å²) in [5.74, 6) is 4.10. The van der Waals surface area contributed by atoms with Gasteiger partial charge in [0, 0.05) is 89.4 Å². The lowest BCUT2D eigenvalue weighted by molar-refractivity contribution is 0.132. The number of aliphatic hydroxyl groups is 4. The second-order valence-electron chi connectivity index (χ2n) is 29.7. The molecule has 8 aromatic heterocycles. The Morgan fingerprint density at radius 1 is 0.361 bits per heavy atom. The fraction of sp³-hybridized carbons (Fsp3) is 0.500. The number of nitrogen functional groups attached to an aromatic ring is 4. The van der Waals surface area contributed by atoms with Gasteiger partial charge in [-0.2, -0.15) is 19.9 Å². The molecular formula is C88H126N22O12. The third kappa shape index (κ3) is 28.0. The first kappa shape index (κ1) is 94.3. The first-order valence-corrected chi connectivity index (χ1v) is 42.6. The molecule has 122 heavy (non-hydrogen) atoms. The van der Waals surface area contributed by atoms with Crippen molar-refractivity contribution in [1.29, 1.82) is 0 Å². The third-order valence-corrected chi connectivity index (χ3v) is 20.0. The van der Waals surface area contributed by atoms with Crippen molar-refractivity contribution < 1.29 is 58.3 Å². The minimum absolute atomic E-state index is 0.0369. The van der Waals surface area contributed by atoms with E-state index >= 15 is 0 Å². The average molecular weight is 1680 g/mol. The van der Waals surface area contributed by atoms with Crippen LogP contribution in [0.3, 0.4) is 0 Å². The van der Waals surface area contributed by atoms with Crippen LogP contribution in [0.4, 0.5) is 23.3 Å². The van der Waals surface area contributed by atoms with Crippen molar-refractivity contribution in [3.63, 3.8) is 0 Å². The number of benzene rings is 4. The van der Waals surface area contributed by atoms with Crippen molar-refractivity contribution in [1.82, 2.24) is 89.0 Å². The summed E-state index contributed by atoms with van der Waals surface area (Å²) in [7, 11) is 7.20. The Hall–Kier alpha value is -11.6. The average Bonchev–Trinajstić information content (AvgIpc) is 1.65. The first-order valence-electron chi connectivity index (χ1n) is 42.6. The van der Waals surface area contributed by atoms with Gasteiger partial charge in [0.25, 0.3) is 0 Å². The van der Waals surface area contributed by atoms with Gasteiger partial charge in [0.1, 0.15) is 47.4 Å². The van der Waals surface area contributed by atoms with Crippen LogP contribution >= 0.6 is 0 Å². The second-order valence-corrected chi connectivity index (χ2v) is 29.7. The number of hydrogen-bond acceptors (Lipinski definition) is 30. The monoisotopic (exact) mass is 1680 g/mol. The maximum Gasteiger partial charge on any atom is 0.336 e. The fourth-order valence-electron chi connectivity index (χ4n) is 13.5. The Labute approximate surface area is 713 Å². The number of ether oxygens (including phenoxy) is 8. The first-order chi connectivity index (χ1) is 59.4. The summed E-state index contributed by atoms with van der Waals surface area (Å²) in [5, 5.41) is 61.5. The van der Waals surface area contributed by atoms with E-state index in [9.17, 15) is 20.4 Å². The number of nitrogens with zero attached hydrogens (tertiary/aromatic N) is 16. The number of nitrogens with one attached hydrogen (secondary N) is 2. The van der Waals surface area contributed by atoms with Gasteiger partial charge in [-0.05, 0) is 137 Å². The highest BCUT2D eigenvalue weighted by molar-refractivity contribution is 5.63. The van der Waals surface area contributed by atoms with Gasteiger partial charge in [-0.25, -0.2) is 38.0 Å². The number of likely N-dealkylation sites (N-methyl/N-ethyl adjacent to an activating group) is 2. The Bertz CT molecular complexity index is 4910. The van der Waals surface area contributed by atoms with E-state index in [0.717, 1.165) is 160 Å². The highest BCUT2D eigenvalue weighted by atomic mass is 16.5. The number of imidazole rings is 4. The quantitative estimate of drug-likeness (QED) is 0.0158. The van der Waals surface area contributed by atoms with Crippen LogP contribution in [0.15, 0.2) is 110 Å². The van der Waals surface area contributed by atoms with Crippen LogP contribution in [-0.4, -0.2) is 204 Å². The molecule has 660 valence electrons. The van der Waals surface area contributed by atoms with E-state index in [1.54, 1.807) is 57.1 Å². The molecular weight excluding hydrogens is 1560 g/mol. The van der Waals surface area contributed by atoms with E-state index in [-0.39, 0.29) is 98.2 Å². The van der Waals surface area contributed by atoms with Gasteiger partial charge >= 0.3 is 24.0 Å². The third-order valence-electron chi connectivity index (χ3n) is 20.0. The van der Waals surface area contributed by atoms with Crippen molar-refractivity contribution in [2.75, 3.05) is 104 Å². The van der Waals surface area contributed by atoms with Crippen molar-refractivity contribution in [2.45, 2.75) is 207 Å². The lowest BCUT2D eigenvalue weighted by Gasteiger charge is -2.16. The summed E-state index contributed by atoms with van der Waals surface area (Å²) in [5.41, 5.74) is 36.8. The molecule has 0 fully saturated rings. The van der Waals surface area contributed by atoms with Crippen LogP contribution in [0.25, 0.3) is 22.6 Å². The number of fused-ring (bicyclic) bond motifs is 4. The zero-order chi connectivity index (χ0) is 87.1. The van der Waals surface area contributed by atoms with E-state index in [2.05, 4.69) is 161 Å². The molecule has 8 heterocycles. The maximum absolute atomic E-state index is 9.30. The van der Waals surface area contributed by atoms with Gasteiger partial charge < -0.3 is 91.9 Å². The van der Waals surface area contributed by atoms with E-state index in [0.29, 0.717) is 87.2 Å². The Kier molecular flexibility index (Phi) is 38.6. The smallest absolute Gasteiger partial charge is 0.336 e. The van der Waals surface area contributed by atoms with Gasteiger partial charge in [-0.15, -0.1) is 20.4 Å². The molecule has 4 unspecified atom stereocenters. The van der Waals surface area contributed by atoms with Crippen molar-refractivity contribution in [2.24, 2.45) is 0 Å². The zero-order valence-corrected chi connectivity index (χ0v) is 72.4. The number of methoxy groups -OCH3 is 2. The van der Waals surface area contributed by atoms with Gasteiger partial charge in [0.15, 0.2) is 45.9 Å². The maximum atomic E-state index is 9.30. The van der Waals surface area contributed by atoms with Crippen LogP contribution in [0.1, 0.15) is 200 Å². The lowest BCUT2D eigenvalue weighted by Crippen LogP contribution is -2.20. The van der Waals surface area contributed by atoms with Crippen molar-refractivity contribution >= 4 is 45.9 Å². The molecule has 0 saturated heterocycles. The molecule has 0 aliphatic carbocycles. The fourth-order valence-corrected chi connectivity index (χ4v) is 13.5. The van der Waals surface area contributed by atoms with Crippen LogP contribution in [-0.2, 0) is 38.5 Å². The summed E-state index contributed by atoms with van der Waals surface area (Å²) >= 11 is 0. The molecule has 14 N–H and O–H groups in total. The molecule has 12 aromatic rings. The van der Waals surface area contributed by atoms with E-state index in [1.807, 2.05) is 50.5 Å². The Morgan fingerprint density at radius 3 is 1.01 bits per heavy atom. The summed E-state index contributed by atoms with van der Waals surface area (Å²) in [6, 6.07) is 29.5. The summed E-state index contributed by atoms with van der Waals surface area (Å²) in [6.07, 6.45) is 24.0. The van der Waals surface area contributed by atoms with Crippen LogP contribution in [0, 0.1) is 0 Å². The van der Waals surface area contributed by atoms with Gasteiger partial charge in [0.05, 0.1) is 75.0 Å². The Morgan fingerprint density at radius 2 is 0.689 bits per heavy atom. The largest absolute Gasteiger partial charge is 0.497 e. The number of aromatic nitrogens is 16. The normalized spacial score (nSPS) is 12.2. The van der Waals surface area contributed by atoms with Crippen LogP contribution in [0.5, 0.6) is 47.0 Å². The lowest BCUT2D eigenvalue weighted by atomic mass is 10.1. The van der Waals surface area contributed by atoms with Gasteiger partial charge in [0.2, 0.25) is 0 Å². The molecule has 12 rings (SSSR count). The molecule has 4 aromatic carbocycles. The molecule has 34 heteroatoms. The predicted molar refractivity (Wildman–Crippen MR) is 471 cm³/mol. The van der Waals surface area contributed by atoms with E-state index < -0.39 is 0 Å². The molecule has 34 nitrogen and oxygen atoms in total. The number of anilines is 4. The summed E-state index contributed by atoms with van der Waals surface area (Å²) < 4.78 is 53.1. The molecule has 0 spiro atoms. The zero-order valence-electron chi connectivity index (χ0n) is 72.4. The van der Waals surface area contributed by atoms with Gasteiger partial charge in [-0.1, -0.05) is 129 Å². The molecule has 0 radical (unpaired) electrons. The topological polar surface area (TPSA) is 455 Å². The van der Waals surface area contributed by atoms with Crippen LogP contribution < -0.4 is 71.5 Å². The number of nitrogens with two attached hydrogens (primary N) is 4. The van der Waals surface area contributed by atoms with E-state index in [1.165, 1.54) is 22.3 Å². The second kappa shape index (κ2) is 50.0. The number of aliphatic hydroxyl groups excluding tert-OH is 4. The van der Waals surface area contributed by atoms with Gasteiger partial charge in [-0.3, -0.25) is 0 Å². The number of unbranched alkanes of at least 4 members (excludes halogenated alkanes) is 2. The highest BCUT2D eigenvalue weighted by Gasteiger charge is 2.23. The minimum Gasteiger partial charge on any atom is -0.497 e. The Balaban J connectivity index is 0.000000185. The van der Waals surface area contributed by atoms with Crippen LogP contribution in [0.2, 0.25) is 0 Å². The molecule has 0 aliphatic heterocycles. The van der Waals surface area contributed by atoms with Crippen molar-refractivity contribution in [3.05, 3.63) is 166 Å². The molecule has 0 bridgehead atoms. The summed E-state index contributed by atoms with van der Waals surface area (Å²) in [4.78, 5) is 34.5. The minimum atomic E-state index is -0.175. The number of hydrogen-bond donors (Lipinski definition) is 10. The number of rotatable bonds is 48. The summed E-state index contributed by atoms with van der Waals surface area (Å²) in [6.45, 7) is 16.0. The molecule has 4 atom stereocenters. The molecule has 0 saturated carbocycles. The predicted octanol–water partition coefficient (Wildman–Crippen LogP) is 10.8. The van der Waals surface area contributed by atoms with E-state index in [4.69, 9.17) is 60.8 Å². The molecule has 0 aliphatic rings.